The summed E-state index contributed by atoms with van der Waals surface area (Å²) in [5.74, 6) is -0.962. The molecular formula is C14H13BrF3NO2. The third-order valence-corrected chi connectivity index (χ3v) is 3.64. The van der Waals surface area contributed by atoms with Gasteiger partial charge in [-0.05, 0) is 59.1 Å². The van der Waals surface area contributed by atoms with E-state index in [2.05, 4.69) is 21.2 Å². The Balaban J connectivity index is 2.55. The van der Waals surface area contributed by atoms with E-state index in [0.29, 0.717) is 15.7 Å². The SMILES string of the molecule is CCOC(=O)C1=Cc2cc(C)cc(Br)c2NC1C(F)(F)F. The van der Waals surface area contributed by atoms with E-state index >= 15 is 0 Å². The van der Waals surface area contributed by atoms with Gasteiger partial charge in [0.25, 0.3) is 0 Å². The topological polar surface area (TPSA) is 38.3 Å². The maximum absolute atomic E-state index is 13.2. The number of carbonyl (C=O) groups is 1. The summed E-state index contributed by atoms with van der Waals surface area (Å²) in [7, 11) is 0. The summed E-state index contributed by atoms with van der Waals surface area (Å²) < 4.78 is 44.8. The number of alkyl halides is 3. The van der Waals surface area contributed by atoms with E-state index in [9.17, 15) is 18.0 Å². The Morgan fingerprint density at radius 3 is 2.67 bits per heavy atom. The van der Waals surface area contributed by atoms with Gasteiger partial charge in [-0.25, -0.2) is 4.79 Å². The van der Waals surface area contributed by atoms with Crippen LogP contribution in [-0.4, -0.2) is 24.8 Å². The van der Waals surface area contributed by atoms with Gasteiger partial charge < -0.3 is 10.1 Å². The van der Waals surface area contributed by atoms with Crippen molar-refractivity contribution in [2.45, 2.75) is 26.1 Å². The molecule has 1 N–H and O–H groups in total. The highest BCUT2D eigenvalue weighted by Gasteiger charge is 2.46. The smallest absolute Gasteiger partial charge is 0.413 e. The fourth-order valence-electron chi connectivity index (χ4n) is 2.16. The zero-order chi connectivity index (χ0) is 15.8. The van der Waals surface area contributed by atoms with Crippen LogP contribution in [0, 0.1) is 6.92 Å². The van der Waals surface area contributed by atoms with Gasteiger partial charge in [-0.15, -0.1) is 0 Å². The monoisotopic (exact) mass is 363 g/mol. The Morgan fingerprint density at radius 2 is 2.10 bits per heavy atom. The van der Waals surface area contributed by atoms with Crippen molar-refractivity contribution in [1.29, 1.82) is 0 Å². The highest BCUT2D eigenvalue weighted by atomic mass is 79.9. The molecule has 1 aromatic carbocycles. The fourth-order valence-corrected chi connectivity index (χ4v) is 2.86. The van der Waals surface area contributed by atoms with Gasteiger partial charge in [-0.1, -0.05) is 0 Å². The lowest BCUT2D eigenvalue weighted by Gasteiger charge is -2.29. The molecule has 7 heteroatoms. The van der Waals surface area contributed by atoms with E-state index in [1.54, 1.807) is 19.1 Å². The summed E-state index contributed by atoms with van der Waals surface area (Å²) in [4.78, 5) is 11.8. The number of ether oxygens (including phenoxy) is 1. The molecule has 3 nitrogen and oxygen atoms in total. The average molecular weight is 364 g/mol. The molecule has 1 aromatic rings. The first-order chi connectivity index (χ1) is 9.74. The number of anilines is 1. The highest BCUT2D eigenvalue weighted by molar-refractivity contribution is 9.10. The van der Waals surface area contributed by atoms with Crippen LogP contribution in [0.2, 0.25) is 0 Å². The van der Waals surface area contributed by atoms with Crippen LogP contribution in [0.5, 0.6) is 0 Å². The van der Waals surface area contributed by atoms with Crippen molar-refractivity contribution in [3.05, 3.63) is 33.3 Å². The number of aryl methyl sites for hydroxylation is 1. The van der Waals surface area contributed by atoms with Crippen molar-refractivity contribution in [2.24, 2.45) is 0 Å². The molecule has 0 aromatic heterocycles. The molecule has 1 aliphatic rings. The van der Waals surface area contributed by atoms with Crippen LogP contribution in [0.3, 0.4) is 0 Å². The summed E-state index contributed by atoms with van der Waals surface area (Å²) in [6.45, 7) is 3.38. The molecule has 0 saturated carbocycles. The quantitative estimate of drug-likeness (QED) is 0.805. The molecule has 0 aliphatic carbocycles. The van der Waals surface area contributed by atoms with E-state index in [0.717, 1.165) is 5.56 Å². The molecule has 21 heavy (non-hydrogen) atoms. The Bertz CT molecular complexity index is 611. The first-order valence-electron chi connectivity index (χ1n) is 6.26. The lowest BCUT2D eigenvalue weighted by Crippen LogP contribution is -2.42. The summed E-state index contributed by atoms with van der Waals surface area (Å²) in [6.07, 6.45) is -3.36. The van der Waals surface area contributed by atoms with Crippen molar-refractivity contribution in [2.75, 3.05) is 11.9 Å². The minimum Gasteiger partial charge on any atom is -0.463 e. The van der Waals surface area contributed by atoms with Crippen LogP contribution >= 0.6 is 15.9 Å². The maximum Gasteiger partial charge on any atom is 0.413 e. The number of halogens is 4. The molecule has 2 rings (SSSR count). The van der Waals surface area contributed by atoms with Gasteiger partial charge in [0.2, 0.25) is 0 Å². The van der Waals surface area contributed by atoms with Crippen molar-refractivity contribution in [3.8, 4) is 0 Å². The summed E-state index contributed by atoms with van der Waals surface area (Å²) in [5, 5.41) is 2.38. The molecule has 1 heterocycles. The molecule has 1 atom stereocenters. The average Bonchev–Trinajstić information content (AvgIpc) is 2.36. The zero-order valence-corrected chi connectivity index (χ0v) is 12.9. The largest absolute Gasteiger partial charge is 0.463 e. The van der Waals surface area contributed by atoms with Crippen molar-refractivity contribution in [1.82, 2.24) is 0 Å². The van der Waals surface area contributed by atoms with Crippen LogP contribution in [0.1, 0.15) is 18.1 Å². The molecular weight excluding hydrogens is 351 g/mol. The number of rotatable bonds is 2. The van der Waals surface area contributed by atoms with Gasteiger partial charge in [0.15, 0.2) is 6.04 Å². The van der Waals surface area contributed by atoms with Gasteiger partial charge in [0.05, 0.1) is 17.9 Å². The molecule has 1 aliphatic heterocycles. The Kier molecular flexibility index (Phi) is 4.32. The second kappa shape index (κ2) is 5.71. The van der Waals surface area contributed by atoms with Gasteiger partial charge >= 0.3 is 12.1 Å². The molecule has 0 amide bonds. The van der Waals surface area contributed by atoms with Gasteiger partial charge in [-0.3, -0.25) is 0 Å². The minimum absolute atomic E-state index is 0.0190. The number of hydrogen-bond acceptors (Lipinski definition) is 3. The third kappa shape index (κ3) is 3.23. The number of fused-ring (bicyclic) bond motifs is 1. The van der Waals surface area contributed by atoms with Gasteiger partial charge in [-0.2, -0.15) is 13.2 Å². The summed E-state index contributed by atoms with van der Waals surface area (Å²) in [5.41, 5.74) is 1.27. The highest BCUT2D eigenvalue weighted by Crippen LogP contribution is 2.39. The van der Waals surface area contributed by atoms with E-state index in [1.165, 1.54) is 6.08 Å². The predicted octanol–water partition coefficient (Wildman–Crippen LogP) is 4.06. The fraction of sp³-hybridized carbons (Fsp3) is 0.357. The Labute approximate surface area is 128 Å². The number of esters is 1. The van der Waals surface area contributed by atoms with Crippen molar-refractivity contribution < 1.29 is 22.7 Å². The van der Waals surface area contributed by atoms with Crippen molar-refractivity contribution in [3.63, 3.8) is 0 Å². The Morgan fingerprint density at radius 1 is 1.43 bits per heavy atom. The van der Waals surface area contributed by atoms with Crippen LogP contribution in [0.15, 0.2) is 22.2 Å². The molecule has 0 saturated heterocycles. The minimum atomic E-state index is -4.60. The number of hydrogen-bond donors (Lipinski definition) is 1. The lowest BCUT2D eigenvalue weighted by atomic mass is 9.96. The molecule has 0 bridgehead atoms. The van der Waals surface area contributed by atoms with E-state index in [4.69, 9.17) is 4.74 Å². The molecule has 0 radical (unpaired) electrons. The first kappa shape index (κ1) is 15.9. The molecule has 0 fully saturated rings. The molecule has 114 valence electrons. The van der Waals surface area contributed by atoms with Gasteiger partial charge in [0.1, 0.15) is 0 Å². The maximum atomic E-state index is 13.2. The van der Waals surface area contributed by atoms with Crippen LogP contribution in [0.25, 0.3) is 6.08 Å². The first-order valence-corrected chi connectivity index (χ1v) is 7.05. The zero-order valence-electron chi connectivity index (χ0n) is 11.3. The standard InChI is InChI=1S/C14H13BrF3NO2/c1-3-21-13(20)9-6-8-4-7(2)5-10(15)11(8)19-12(9)14(16,17)18/h4-6,12,19H,3H2,1-2H3. The second-order valence-corrected chi connectivity index (χ2v) is 5.50. The molecule has 1 unspecified atom stereocenters. The van der Waals surface area contributed by atoms with E-state index in [1.807, 2.05) is 6.92 Å². The number of nitrogens with one attached hydrogen (secondary N) is 1. The van der Waals surface area contributed by atoms with Gasteiger partial charge in [0, 0.05) is 4.47 Å². The predicted molar refractivity (Wildman–Crippen MR) is 77.0 cm³/mol. The van der Waals surface area contributed by atoms with Crippen LogP contribution in [0.4, 0.5) is 18.9 Å². The van der Waals surface area contributed by atoms with Crippen LogP contribution < -0.4 is 5.32 Å². The lowest BCUT2D eigenvalue weighted by molar-refractivity contribution is -0.150. The van der Waals surface area contributed by atoms with E-state index in [-0.39, 0.29) is 6.61 Å². The summed E-state index contributed by atoms with van der Waals surface area (Å²) in [6, 6.07) is 1.34. The molecule has 0 spiro atoms. The number of carbonyl (C=O) groups excluding carboxylic acids is 1. The van der Waals surface area contributed by atoms with Crippen molar-refractivity contribution >= 4 is 33.7 Å². The van der Waals surface area contributed by atoms with Crippen LogP contribution in [-0.2, 0) is 9.53 Å². The summed E-state index contributed by atoms with van der Waals surface area (Å²) >= 11 is 3.24. The number of benzene rings is 1. The Hall–Kier alpha value is -1.50. The van der Waals surface area contributed by atoms with E-state index < -0.39 is 23.8 Å². The second-order valence-electron chi connectivity index (χ2n) is 4.65. The third-order valence-electron chi connectivity index (χ3n) is 3.01. The normalized spacial score (nSPS) is 17.6.